The molecule has 2 rings (SSSR count). The van der Waals surface area contributed by atoms with Crippen LogP contribution in [0.25, 0.3) is 0 Å². The summed E-state index contributed by atoms with van der Waals surface area (Å²) in [6.45, 7) is 9.57. The van der Waals surface area contributed by atoms with Gasteiger partial charge in [-0.15, -0.1) is 0 Å². The third kappa shape index (κ3) is 7.89. The molecule has 2 aliphatic heterocycles. The summed E-state index contributed by atoms with van der Waals surface area (Å²) < 4.78 is 0. The van der Waals surface area contributed by atoms with Crippen molar-refractivity contribution in [3.05, 3.63) is 0 Å². The lowest BCUT2D eigenvalue weighted by molar-refractivity contribution is 0.362. The quantitative estimate of drug-likeness (QED) is 0.608. The van der Waals surface area contributed by atoms with Crippen molar-refractivity contribution in [2.24, 2.45) is 9.98 Å². The molecule has 0 radical (unpaired) electrons. The molecule has 0 aliphatic carbocycles. The van der Waals surface area contributed by atoms with Crippen LogP contribution in [-0.2, 0) is 0 Å². The van der Waals surface area contributed by atoms with Crippen LogP contribution in [0, 0.1) is 0 Å². The maximum absolute atomic E-state index is 4.73. The third-order valence-corrected chi connectivity index (χ3v) is 5.59. The SMILES string of the molecule is CCCCCCCCCCN=C1N=C(N2CCSCC2)NC(C)(C)N1. The summed E-state index contributed by atoms with van der Waals surface area (Å²) in [4.78, 5) is 11.8. The largest absolute Gasteiger partial charge is 0.341 e. The molecule has 0 aromatic heterocycles. The molecule has 0 aromatic rings. The van der Waals surface area contributed by atoms with E-state index in [0.717, 1.165) is 38.0 Å². The molecule has 25 heavy (non-hydrogen) atoms. The lowest BCUT2D eigenvalue weighted by atomic mass is 10.1. The fraction of sp³-hybridized carbons (Fsp3) is 0.895. The first-order chi connectivity index (χ1) is 12.1. The van der Waals surface area contributed by atoms with E-state index in [2.05, 4.69) is 36.3 Å². The first-order valence-corrected chi connectivity index (χ1v) is 11.3. The van der Waals surface area contributed by atoms with Crippen LogP contribution in [0.1, 0.15) is 72.1 Å². The minimum atomic E-state index is -0.195. The number of hydrogen-bond acceptors (Lipinski definition) is 4. The topological polar surface area (TPSA) is 52.0 Å². The summed E-state index contributed by atoms with van der Waals surface area (Å²) in [5, 5.41) is 6.91. The van der Waals surface area contributed by atoms with Crippen LogP contribution in [0.4, 0.5) is 0 Å². The molecule has 0 unspecified atom stereocenters. The van der Waals surface area contributed by atoms with Crippen LogP contribution in [0.2, 0.25) is 0 Å². The van der Waals surface area contributed by atoms with Crippen molar-refractivity contribution in [3.63, 3.8) is 0 Å². The Labute approximate surface area is 158 Å². The van der Waals surface area contributed by atoms with Gasteiger partial charge in [-0.3, -0.25) is 4.99 Å². The zero-order chi connectivity index (χ0) is 18.0. The molecule has 1 saturated heterocycles. The number of rotatable bonds is 9. The van der Waals surface area contributed by atoms with Gasteiger partial charge in [0.05, 0.1) is 0 Å². The Hall–Kier alpha value is -0.910. The van der Waals surface area contributed by atoms with Crippen molar-refractivity contribution in [1.29, 1.82) is 0 Å². The highest BCUT2D eigenvalue weighted by atomic mass is 32.2. The monoisotopic (exact) mass is 367 g/mol. The molecule has 2 heterocycles. The molecule has 2 aliphatic rings. The van der Waals surface area contributed by atoms with Gasteiger partial charge >= 0.3 is 0 Å². The molecule has 0 spiro atoms. The van der Waals surface area contributed by atoms with Crippen LogP contribution < -0.4 is 10.6 Å². The molecule has 2 N–H and O–H groups in total. The number of guanidine groups is 2. The van der Waals surface area contributed by atoms with Gasteiger partial charge in [0.25, 0.3) is 0 Å². The minimum Gasteiger partial charge on any atom is -0.341 e. The van der Waals surface area contributed by atoms with Gasteiger partial charge in [-0.25, -0.2) is 0 Å². The van der Waals surface area contributed by atoms with Crippen molar-refractivity contribution in [1.82, 2.24) is 15.5 Å². The predicted octanol–water partition coefficient (Wildman–Crippen LogP) is 3.82. The molecular formula is C19H37N5S. The summed E-state index contributed by atoms with van der Waals surface area (Å²) >= 11 is 2.02. The number of aliphatic imine (C=N–C) groups is 2. The first-order valence-electron chi connectivity index (χ1n) is 10.1. The molecule has 1 fully saturated rings. The Bertz CT molecular complexity index is 441. The number of nitrogens with one attached hydrogen (secondary N) is 2. The normalized spacial score (nSPS) is 21.6. The lowest BCUT2D eigenvalue weighted by Crippen LogP contribution is -2.64. The summed E-state index contributed by atoms with van der Waals surface area (Å²) in [7, 11) is 0. The van der Waals surface area contributed by atoms with E-state index in [9.17, 15) is 0 Å². The molecule has 6 heteroatoms. The van der Waals surface area contributed by atoms with Gasteiger partial charge in [0.1, 0.15) is 5.66 Å². The van der Waals surface area contributed by atoms with E-state index in [1.807, 2.05) is 11.8 Å². The molecule has 0 amide bonds. The van der Waals surface area contributed by atoms with Gasteiger partial charge in [0.15, 0.2) is 0 Å². The van der Waals surface area contributed by atoms with E-state index in [1.165, 1.54) is 56.5 Å². The van der Waals surface area contributed by atoms with Gasteiger partial charge in [-0.2, -0.15) is 16.8 Å². The van der Waals surface area contributed by atoms with Crippen molar-refractivity contribution >= 4 is 23.7 Å². The van der Waals surface area contributed by atoms with Crippen LogP contribution >= 0.6 is 11.8 Å². The van der Waals surface area contributed by atoms with E-state index < -0.39 is 0 Å². The Morgan fingerprint density at radius 1 is 1.00 bits per heavy atom. The number of nitrogens with zero attached hydrogens (tertiary/aromatic N) is 3. The average molecular weight is 368 g/mol. The standard InChI is InChI=1S/C19H37N5S/c1-4-5-6-7-8-9-10-11-12-20-17-21-18(23-19(2,3)22-17)24-13-15-25-16-14-24/h4-16H2,1-3H3,(H2,20,21,22,23). The van der Waals surface area contributed by atoms with Crippen molar-refractivity contribution < 1.29 is 0 Å². The smallest absolute Gasteiger partial charge is 0.223 e. The molecule has 0 saturated carbocycles. The van der Waals surface area contributed by atoms with E-state index in [-0.39, 0.29) is 5.66 Å². The summed E-state index contributed by atoms with van der Waals surface area (Å²) in [5.74, 6) is 4.14. The third-order valence-electron chi connectivity index (χ3n) is 4.64. The van der Waals surface area contributed by atoms with Gasteiger partial charge < -0.3 is 15.5 Å². The molecule has 0 atom stereocenters. The van der Waals surface area contributed by atoms with Crippen LogP contribution in [0.5, 0.6) is 0 Å². The van der Waals surface area contributed by atoms with E-state index in [1.54, 1.807) is 0 Å². The van der Waals surface area contributed by atoms with Gasteiger partial charge in [0.2, 0.25) is 11.9 Å². The number of unbranched alkanes of at least 4 members (excludes halogenated alkanes) is 7. The van der Waals surface area contributed by atoms with Gasteiger partial charge in [0, 0.05) is 31.1 Å². The second kappa shape index (κ2) is 10.9. The first kappa shape index (κ1) is 20.4. The van der Waals surface area contributed by atoms with E-state index in [0.29, 0.717) is 0 Å². The highest BCUT2D eigenvalue weighted by Crippen LogP contribution is 2.13. The van der Waals surface area contributed by atoms with E-state index >= 15 is 0 Å². The Balaban J connectivity index is 1.73. The average Bonchev–Trinajstić information content (AvgIpc) is 2.60. The second-order valence-corrected chi connectivity index (χ2v) is 8.81. The maximum Gasteiger partial charge on any atom is 0.223 e. The summed E-state index contributed by atoms with van der Waals surface area (Å²) in [6, 6.07) is 0. The summed E-state index contributed by atoms with van der Waals surface area (Å²) in [5.41, 5.74) is -0.195. The zero-order valence-electron chi connectivity index (χ0n) is 16.4. The van der Waals surface area contributed by atoms with Crippen LogP contribution in [0.3, 0.4) is 0 Å². The molecule has 5 nitrogen and oxygen atoms in total. The molecule has 0 aromatic carbocycles. The number of thioether (sulfide) groups is 1. The number of hydrogen-bond donors (Lipinski definition) is 2. The Morgan fingerprint density at radius 2 is 1.64 bits per heavy atom. The van der Waals surface area contributed by atoms with Crippen molar-refractivity contribution in [3.8, 4) is 0 Å². The zero-order valence-corrected chi connectivity index (χ0v) is 17.3. The molecular weight excluding hydrogens is 330 g/mol. The summed E-state index contributed by atoms with van der Waals surface area (Å²) in [6.07, 6.45) is 10.7. The molecule has 0 bridgehead atoms. The molecule has 144 valence electrons. The second-order valence-electron chi connectivity index (χ2n) is 7.59. The maximum atomic E-state index is 4.73. The van der Waals surface area contributed by atoms with Gasteiger partial charge in [-0.05, 0) is 20.3 Å². The van der Waals surface area contributed by atoms with E-state index in [4.69, 9.17) is 9.98 Å². The van der Waals surface area contributed by atoms with Gasteiger partial charge in [-0.1, -0.05) is 51.9 Å². The van der Waals surface area contributed by atoms with Crippen molar-refractivity contribution in [2.45, 2.75) is 77.8 Å². The fourth-order valence-electron chi connectivity index (χ4n) is 3.18. The lowest BCUT2D eigenvalue weighted by Gasteiger charge is -2.39. The fourth-order valence-corrected chi connectivity index (χ4v) is 4.08. The van der Waals surface area contributed by atoms with Crippen molar-refractivity contribution in [2.75, 3.05) is 31.1 Å². The minimum absolute atomic E-state index is 0.195. The van der Waals surface area contributed by atoms with Crippen LogP contribution in [-0.4, -0.2) is 53.6 Å². The highest BCUT2D eigenvalue weighted by molar-refractivity contribution is 7.99. The predicted molar refractivity (Wildman–Crippen MR) is 112 cm³/mol. The highest BCUT2D eigenvalue weighted by Gasteiger charge is 2.28. The van der Waals surface area contributed by atoms with Crippen LogP contribution in [0.15, 0.2) is 9.98 Å². The Morgan fingerprint density at radius 3 is 2.32 bits per heavy atom. The Kier molecular flexibility index (Phi) is 8.93.